The van der Waals surface area contributed by atoms with E-state index in [1.54, 1.807) is 26.2 Å². The van der Waals surface area contributed by atoms with Gasteiger partial charge in [-0.2, -0.15) is 0 Å². The Morgan fingerprint density at radius 2 is 1.90 bits per heavy atom. The molecule has 152 valence electrons. The molecule has 29 heavy (non-hydrogen) atoms. The minimum Gasteiger partial charge on any atom is -0.497 e. The SMILES string of the molecule is COc1ccc(CCNC(=O)[C@H](C)Sc2nnc(-c3ccc(F)cc3)n2N)cc1. The molecule has 9 heteroatoms. The normalized spacial score (nSPS) is 11.8. The zero-order valence-electron chi connectivity index (χ0n) is 16.1. The van der Waals surface area contributed by atoms with Gasteiger partial charge in [-0.15, -0.1) is 10.2 Å². The lowest BCUT2D eigenvalue weighted by Gasteiger charge is -2.12. The van der Waals surface area contributed by atoms with Crippen molar-refractivity contribution in [3.8, 4) is 17.1 Å². The summed E-state index contributed by atoms with van der Waals surface area (Å²) in [6.07, 6.45) is 0.717. The third-order valence-electron chi connectivity index (χ3n) is 4.29. The van der Waals surface area contributed by atoms with Gasteiger partial charge in [0.1, 0.15) is 11.6 Å². The van der Waals surface area contributed by atoms with Gasteiger partial charge in [0.15, 0.2) is 5.82 Å². The lowest BCUT2D eigenvalue weighted by molar-refractivity contribution is -0.120. The Morgan fingerprint density at radius 1 is 1.21 bits per heavy atom. The molecule has 0 spiro atoms. The fraction of sp³-hybridized carbons (Fsp3) is 0.250. The van der Waals surface area contributed by atoms with Crippen LogP contribution < -0.4 is 15.9 Å². The van der Waals surface area contributed by atoms with Crippen LogP contribution in [0, 0.1) is 5.82 Å². The number of halogens is 1. The van der Waals surface area contributed by atoms with E-state index >= 15 is 0 Å². The standard InChI is InChI=1S/C20H22FN5O2S/c1-13(19(27)23-12-11-14-3-9-17(28-2)10-4-14)29-20-25-24-18(26(20)22)15-5-7-16(21)8-6-15/h3-10,13H,11-12,22H2,1-2H3,(H,23,27)/t13-/m0/s1. The number of benzene rings is 2. The van der Waals surface area contributed by atoms with E-state index in [9.17, 15) is 9.18 Å². The molecule has 7 nitrogen and oxygen atoms in total. The maximum Gasteiger partial charge on any atom is 0.233 e. The van der Waals surface area contributed by atoms with E-state index in [4.69, 9.17) is 10.6 Å². The highest BCUT2D eigenvalue weighted by atomic mass is 32.2. The summed E-state index contributed by atoms with van der Waals surface area (Å²) < 4.78 is 19.5. The first-order chi connectivity index (χ1) is 14.0. The number of nitrogens with zero attached hydrogens (tertiary/aromatic N) is 3. The number of nitrogens with two attached hydrogens (primary N) is 1. The summed E-state index contributed by atoms with van der Waals surface area (Å²) in [6, 6.07) is 13.5. The Bertz CT molecular complexity index is 960. The van der Waals surface area contributed by atoms with Crippen LogP contribution in [0.4, 0.5) is 4.39 Å². The third kappa shape index (κ3) is 5.26. The highest BCUT2D eigenvalue weighted by Crippen LogP contribution is 2.25. The van der Waals surface area contributed by atoms with Crippen molar-refractivity contribution < 1.29 is 13.9 Å². The van der Waals surface area contributed by atoms with E-state index in [0.717, 1.165) is 17.7 Å². The van der Waals surface area contributed by atoms with Gasteiger partial charge in [-0.1, -0.05) is 23.9 Å². The monoisotopic (exact) mass is 415 g/mol. The van der Waals surface area contributed by atoms with Crippen molar-refractivity contribution in [1.82, 2.24) is 20.2 Å². The van der Waals surface area contributed by atoms with E-state index in [1.807, 2.05) is 24.3 Å². The summed E-state index contributed by atoms with van der Waals surface area (Å²) in [6.45, 7) is 2.30. The van der Waals surface area contributed by atoms with Gasteiger partial charge in [0.2, 0.25) is 11.1 Å². The van der Waals surface area contributed by atoms with Gasteiger partial charge in [-0.25, -0.2) is 9.07 Å². The average Bonchev–Trinajstić information content (AvgIpc) is 3.09. The van der Waals surface area contributed by atoms with Crippen molar-refractivity contribution >= 4 is 17.7 Å². The Balaban J connectivity index is 1.53. The number of nitrogens with one attached hydrogen (secondary N) is 1. The molecule has 1 amide bonds. The molecule has 0 aliphatic rings. The molecule has 1 heterocycles. The number of carbonyl (C=O) groups is 1. The molecule has 0 radical (unpaired) electrons. The van der Waals surface area contributed by atoms with Crippen molar-refractivity contribution in [3.05, 3.63) is 59.9 Å². The van der Waals surface area contributed by atoms with Gasteiger partial charge in [-0.3, -0.25) is 4.79 Å². The van der Waals surface area contributed by atoms with Crippen molar-refractivity contribution in [1.29, 1.82) is 0 Å². The number of hydrogen-bond acceptors (Lipinski definition) is 6. The van der Waals surface area contributed by atoms with E-state index in [0.29, 0.717) is 23.1 Å². The average molecular weight is 415 g/mol. The Morgan fingerprint density at radius 3 is 2.55 bits per heavy atom. The van der Waals surface area contributed by atoms with Crippen LogP contribution in [-0.2, 0) is 11.2 Å². The Kier molecular flexibility index (Phi) is 6.71. The second-order valence-electron chi connectivity index (χ2n) is 6.33. The van der Waals surface area contributed by atoms with Crippen LogP contribution >= 0.6 is 11.8 Å². The quantitative estimate of drug-likeness (QED) is 0.434. The van der Waals surface area contributed by atoms with Gasteiger partial charge in [0.25, 0.3) is 0 Å². The molecule has 1 aromatic heterocycles. The van der Waals surface area contributed by atoms with Crippen LogP contribution in [0.3, 0.4) is 0 Å². The summed E-state index contributed by atoms with van der Waals surface area (Å²) in [5, 5.41) is 11.0. The minimum absolute atomic E-state index is 0.116. The minimum atomic E-state index is -0.404. The Hall–Kier alpha value is -3.07. The predicted octanol–water partition coefficient (Wildman–Crippen LogP) is 2.65. The van der Waals surface area contributed by atoms with E-state index < -0.39 is 5.25 Å². The molecule has 3 aromatic rings. The number of carbonyl (C=O) groups excluding carboxylic acids is 1. The van der Waals surface area contributed by atoms with Gasteiger partial charge >= 0.3 is 0 Å². The first kappa shape index (κ1) is 20.7. The molecule has 2 aromatic carbocycles. The highest BCUT2D eigenvalue weighted by Gasteiger charge is 2.19. The third-order valence-corrected chi connectivity index (χ3v) is 5.35. The molecule has 3 rings (SSSR count). The summed E-state index contributed by atoms with van der Waals surface area (Å²) in [5.41, 5.74) is 1.75. The molecule has 0 unspecified atom stereocenters. The van der Waals surface area contributed by atoms with Gasteiger partial charge in [-0.05, 0) is 55.3 Å². The number of rotatable bonds is 8. The van der Waals surface area contributed by atoms with Crippen LogP contribution in [0.15, 0.2) is 53.7 Å². The van der Waals surface area contributed by atoms with Gasteiger partial charge in [0, 0.05) is 12.1 Å². The van der Waals surface area contributed by atoms with Crippen molar-refractivity contribution in [2.24, 2.45) is 0 Å². The highest BCUT2D eigenvalue weighted by molar-refractivity contribution is 8.00. The fourth-order valence-electron chi connectivity index (χ4n) is 2.63. The second kappa shape index (κ2) is 9.42. The van der Waals surface area contributed by atoms with Crippen molar-refractivity contribution in [3.63, 3.8) is 0 Å². The number of thioether (sulfide) groups is 1. The number of ether oxygens (including phenoxy) is 1. The number of methoxy groups -OCH3 is 1. The topological polar surface area (TPSA) is 95.1 Å². The number of amides is 1. The van der Waals surface area contributed by atoms with Crippen LogP contribution in [0.2, 0.25) is 0 Å². The summed E-state index contributed by atoms with van der Waals surface area (Å²) in [4.78, 5) is 12.4. The predicted molar refractivity (Wildman–Crippen MR) is 111 cm³/mol. The first-order valence-corrected chi connectivity index (χ1v) is 9.89. The van der Waals surface area contributed by atoms with Crippen LogP contribution in [0.5, 0.6) is 5.75 Å². The summed E-state index contributed by atoms with van der Waals surface area (Å²) >= 11 is 1.21. The molecule has 1 atom stereocenters. The smallest absolute Gasteiger partial charge is 0.233 e. The molecule has 0 fully saturated rings. The molecule has 0 saturated heterocycles. The van der Waals surface area contributed by atoms with E-state index in [-0.39, 0.29) is 11.7 Å². The van der Waals surface area contributed by atoms with Crippen LogP contribution in [0.25, 0.3) is 11.4 Å². The second-order valence-corrected chi connectivity index (χ2v) is 7.64. The van der Waals surface area contributed by atoms with Crippen LogP contribution in [-0.4, -0.2) is 39.7 Å². The van der Waals surface area contributed by atoms with Crippen LogP contribution in [0.1, 0.15) is 12.5 Å². The number of hydrogen-bond donors (Lipinski definition) is 2. The molecule has 0 aliphatic heterocycles. The van der Waals surface area contributed by atoms with E-state index in [1.165, 1.54) is 28.6 Å². The summed E-state index contributed by atoms with van der Waals surface area (Å²) in [7, 11) is 1.62. The van der Waals surface area contributed by atoms with Gasteiger partial charge in [0.05, 0.1) is 12.4 Å². The molecule has 0 saturated carbocycles. The molecular formula is C20H22FN5O2S. The van der Waals surface area contributed by atoms with Crippen molar-refractivity contribution in [2.75, 3.05) is 19.5 Å². The van der Waals surface area contributed by atoms with Crippen molar-refractivity contribution in [2.45, 2.75) is 23.8 Å². The molecule has 0 bridgehead atoms. The maximum atomic E-state index is 13.1. The zero-order valence-corrected chi connectivity index (χ0v) is 16.9. The number of nitrogen functional groups attached to an aromatic ring is 1. The zero-order chi connectivity index (χ0) is 20.8. The maximum absolute atomic E-state index is 13.1. The van der Waals surface area contributed by atoms with E-state index in [2.05, 4.69) is 15.5 Å². The molecule has 0 aliphatic carbocycles. The number of aromatic nitrogens is 3. The molecular weight excluding hydrogens is 393 g/mol. The largest absolute Gasteiger partial charge is 0.497 e. The first-order valence-electron chi connectivity index (χ1n) is 9.01. The lowest BCUT2D eigenvalue weighted by atomic mass is 10.1. The Labute approximate surface area is 172 Å². The summed E-state index contributed by atoms with van der Waals surface area (Å²) in [5.74, 6) is 6.80. The lowest BCUT2D eigenvalue weighted by Crippen LogP contribution is -2.32. The fourth-order valence-corrected chi connectivity index (χ4v) is 3.43. The molecule has 3 N–H and O–H groups in total. The van der Waals surface area contributed by atoms with Gasteiger partial charge < -0.3 is 15.9 Å².